The van der Waals surface area contributed by atoms with Crippen molar-refractivity contribution in [1.29, 1.82) is 0 Å². The van der Waals surface area contributed by atoms with Crippen molar-refractivity contribution in [3.05, 3.63) is 0 Å². The van der Waals surface area contributed by atoms with Crippen molar-refractivity contribution in [2.45, 2.75) is 50.5 Å². The summed E-state index contributed by atoms with van der Waals surface area (Å²) in [6, 6.07) is -0.854. The van der Waals surface area contributed by atoms with Gasteiger partial charge in [-0.15, -0.1) is 0 Å². The highest BCUT2D eigenvalue weighted by atomic mass is 19.3. The fourth-order valence-electron chi connectivity index (χ4n) is 1.93. The molecule has 0 aromatic rings. The van der Waals surface area contributed by atoms with Crippen LogP contribution in [-0.4, -0.2) is 23.0 Å². The summed E-state index contributed by atoms with van der Waals surface area (Å²) >= 11 is 0. The molecule has 1 saturated carbocycles. The highest BCUT2D eigenvalue weighted by molar-refractivity contribution is 5.72. The molecule has 0 aliphatic heterocycles. The van der Waals surface area contributed by atoms with E-state index in [2.05, 4.69) is 0 Å². The molecular weight excluding hydrogens is 204 g/mol. The van der Waals surface area contributed by atoms with Gasteiger partial charge in [0.1, 0.15) is 6.04 Å². The number of hydrogen-bond acceptors (Lipinski definition) is 2. The van der Waals surface area contributed by atoms with E-state index in [1.807, 2.05) is 0 Å². The molecule has 0 aromatic carbocycles. The van der Waals surface area contributed by atoms with Crippen molar-refractivity contribution in [2.24, 2.45) is 11.7 Å². The minimum absolute atomic E-state index is 0.0695. The molecule has 3 N–H and O–H groups in total. The lowest BCUT2D eigenvalue weighted by molar-refractivity contribution is -0.138. The second-order valence-electron chi connectivity index (χ2n) is 4.32. The van der Waals surface area contributed by atoms with E-state index in [1.165, 1.54) is 0 Å². The molecule has 88 valence electrons. The molecule has 0 radical (unpaired) electrons. The van der Waals surface area contributed by atoms with Crippen LogP contribution in [0.25, 0.3) is 0 Å². The zero-order valence-electron chi connectivity index (χ0n) is 8.59. The van der Waals surface area contributed by atoms with Crippen molar-refractivity contribution >= 4 is 5.97 Å². The van der Waals surface area contributed by atoms with E-state index >= 15 is 0 Å². The molecule has 15 heavy (non-hydrogen) atoms. The SMILES string of the molecule is N[C@@H](CCC1CCC(F)(F)CC1)C(=O)O. The fourth-order valence-corrected chi connectivity index (χ4v) is 1.93. The molecule has 0 heterocycles. The second-order valence-corrected chi connectivity index (χ2v) is 4.32. The molecule has 0 aromatic heterocycles. The highest BCUT2D eigenvalue weighted by Gasteiger charge is 2.34. The molecule has 1 fully saturated rings. The quantitative estimate of drug-likeness (QED) is 0.763. The normalized spacial score (nSPS) is 23.7. The zero-order valence-corrected chi connectivity index (χ0v) is 8.59. The molecule has 0 saturated heterocycles. The Morgan fingerprint density at radius 2 is 2.00 bits per heavy atom. The summed E-state index contributed by atoms with van der Waals surface area (Å²) in [6.07, 6.45) is 1.85. The average Bonchev–Trinajstić information content (AvgIpc) is 2.15. The third-order valence-corrected chi connectivity index (χ3v) is 3.04. The zero-order chi connectivity index (χ0) is 11.5. The lowest BCUT2D eigenvalue weighted by Crippen LogP contribution is -2.31. The summed E-state index contributed by atoms with van der Waals surface area (Å²) in [7, 11) is 0. The number of halogens is 2. The molecule has 0 unspecified atom stereocenters. The van der Waals surface area contributed by atoms with Gasteiger partial charge >= 0.3 is 5.97 Å². The van der Waals surface area contributed by atoms with Crippen LogP contribution in [-0.2, 0) is 4.79 Å². The van der Waals surface area contributed by atoms with Gasteiger partial charge in [-0.3, -0.25) is 4.79 Å². The number of aliphatic carboxylic acids is 1. The summed E-state index contributed by atoms with van der Waals surface area (Å²) in [5, 5.41) is 8.55. The number of alkyl halides is 2. The first-order valence-corrected chi connectivity index (χ1v) is 5.27. The van der Waals surface area contributed by atoms with Gasteiger partial charge in [0, 0.05) is 12.8 Å². The van der Waals surface area contributed by atoms with Gasteiger partial charge in [-0.2, -0.15) is 0 Å². The third-order valence-electron chi connectivity index (χ3n) is 3.04. The van der Waals surface area contributed by atoms with Crippen LogP contribution in [0.5, 0.6) is 0 Å². The fraction of sp³-hybridized carbons (Fsp3) is 0.900. The first-order valence-electron chi connectivity index (χ1n) is 5.27. The maximum absolute atomic E-state index is 12.8. The summed E-state index contributed by atoms with van der Waals surface area (Å²) in [5.41, 5.74) is 5.34. The topological polar surface area (TPSA) is 63.3 Å². The van der Waals surface area contributed by atoms with Crippen molar-refractivity contribution in [3.8, 4) is 0 Å². The summed E-state index contributed by atoms with van der Waals surface area (Å²) in [4.78, 5) is 10.4. The predicted octanol–water partition coefficient (Wildman–Crippen LogP) is 2.00. The molecule has 5 heteroatoms. The Bertz CT molecular complexity index is 223. The number of carboxylic acid groups (broad SMARTS) is 1. The van der Waals surface area contributed by atoms with Crippen molar-refractivity contribution < 1.29 is 18.7 Å². The van der Waals surface area contributed by atoms with Gasteiger partial charge in [0.2, 0.25) is 5.92 Å². The Balaban J connectivity index is 2.22. The van der Waals surface area contributed by atoms with Crippen LogP contribution < -0.4 is 5.73 Å². The molecule has 1 rings (SSSR count). The Kier molecular flexibility index (Phi) is 4.02. The van der Waals surface area contributed by atoms with Gasteiger partial charge in [0.05, 0.1) is 0 Å². The minimum atomic E-state index is -2.51. The average molecular weight is 221 g/mol. The van der Waals surface area contributed by atoms with E-state index in [0.29, 0.717) is 25.7 Å². The highest BCUT2D eigenvalue weighted by Crippen LogP contribution is 2.37. The van der Waals surface area contributed by atoms with Crippen molar-refractivity contribution in [2.75, 3.05) is 0 Å². The van der Waals surface area contributed by atoms with Crippen LogP contribution in [0, 0.1) is 5.92 Å². The monoisotopic (exact) mass is 221 g/mol. The van der Waals surface area contributed by atoms with Crippen LogP contribution in [0.4, 0.5) is 8.78 Å². The molecule has 0 spiro atoms. The van der Waals surface area contributed by atoms with Gasteiger partial charge < -0.3 is 10.8 Å². The summed E-state index contributed by atoms with van der Waals surface area (Å²) in [5.74, 6) is -3.31. The van der Waals surface area contributed by atoms with Crippen LogP contribution >= 0.6 is 0 Å². The number of carbonyl (C=O) groups is 1. The molecule has 0 amide bonds. The second kappa shape index (κ2) is 4.88. The maximum atomic E-state index is 12.8. The van der Waals surface area contributed by atoms with E-state index < -0.39 is 17.9 Å². The summed E-state index contributed by atoms with van der Waals surface area (Å²) < 4.78 is 25.6. The van der Waals surface area contributed by atoms with E-state index in [9.17, 15) is 13.6 Å². The minimum Gasteiger partial charge on any atom is -0.480 e. The molecule has 1 aliphatic rings. The van der Waals surface area contributed by atoms with Gasteiger partial charge in [0.25, 0.3) is 0 Å². The van der Waals surface area contributed by atoms with Gasteiger partial charge in [-0.1, -0.05) is 0 Å². The Morgan fingerprint density at radius 1 is 1.47 bits per heavy atom. The first-order chi connectivity index (χ1) is 6.91. The number of carboxylic acids is 1. The standard InChI is InChI=1S/C10H17F2NO2/c11-10(12)5-3-7(4-6-10)1-2-8(13)9(14)15/h7-8H,1-6,13H2,(H,14,15)/t8-/m0/s1. The predicted molar refractivity (Wildman–Crippen MR) is 51.8 cm³/mol. The molecule has 1 aliphatic carbocycles. The number of hydrogen-bond donors (Lipinski definition) is 2. The van der Waals surface area contributed by atoms with Crippen LogP contribution in [0.15, 0.2) is 0 Å². The van der Waals surface area contributed by atoms with E-state index in [4.69, 9.17) is 10.8 Å². The van der Waals surface area contributed by atoms with E-state index in [-0.39, 0.29) is 18.8 Å². The van der Waals surface area contributed by atoms with Gasteiger partial charge in [-0.05, 0) is 31.6 Å². The Morgan fingerprint density at radius 3 is 2.47 bits per heavy atom. The van der Waals surface area contributed by atoms with E-state index in [0.717, 1.165) is 0 Å². The van der Waals surface area contributed by atoms with Crippen LogP contribution in [0.1, 0.15) is 38.5 Å². The smallest absolute Gasteiger partial charge is 0.320 e. The summed E-state index contributed by atoms with van der Waals surface area (Å²) in [6.45, 7) is 0. The molecule has 1 atom stereocenters. The van der Waals surface area contributed by atoms with Gasteiger partial charge in [-0.25, -0.2) is 8.78 Å². The first kappa shape index (κ1) is 12.4. The number of rotatable bonds is 4. The van der Waals surface area contributed by atoms with E-state index in [1.54, 1.807) is 0 Å². The van der Waals surface area contributed by atoms with Crippen molar-refractivity contribution in [3.63, 3.8) is 0 Å². The molecular formula is C10H17F2NO2. The van der Waals surface area contributed by atoms with Crippen LogP contribution in [0.3, 0.4) is 0 Å². The molecule has 3 nitrogen and oxygen atoms in total. The Labute approximate surface area is 87.6 Å². The molecule has 0 bridgehead atoms. The lowest BCUT2D eigenvalue weighted by Gasteiger charge is -2.28. The van der Waals surface area contributed by atoms with Gasteiger partial charge in [0.15, 0.2) is 0 Å². The Hall–Kier alpha value is -0.710. The number of nitrogens with two attached hydrogens (primary N) is 1. The lowest BCUT2D eigenvalue weighted by atomic mass is 9.83. The van der Waals surface area contributed by atoms with Crippen LogP contribution in [0.2, 0.25) is 0 Å². The maximum Gasteiger partial charge on any atom is 0.320 e. The van der Waals surface area contributed by atoms with Crippen molar-refractivity contribution in [1.82, 2.24) is 0 Å². The largest absolute Gasteiger partial charge is 0.480 e. The third kappa shape index (κ3) is 4.11.